The van der Waals surface area contributed by atoms with E-state index in [-0.39, 0.29) is 6.04 Å². The molecule has 4 rings (SSSR count). The van der Waals surface area contributed by atoms with E-state index in [0.29, 0.717) is 20.7 Å². The summed E-state index contributed by atoms with van der Waals surface area (Å²) in [6, 6.07) is 19.6. The van der Waals surface area contributed by atoms with Crippen molar-refractivity contribution in [3.05, 3.63) is 70.7 Å². The van der Waals surface area contributed by atoms with Crippen LogP contribution in [0.2, 0.25) is 10.0 Å². The Morgan fingerprint density at radius 2 is 1.40 bits per heavy atom. The standard InChI is InChI=1S/C24H21Cl2NO2S/c1-14(2)27-30(28)24-20(26)13-16-9-5-7-11-18(16)22(24)21-17-10-6-4-8-15(17)12-19(25)23(21)29-3/h4-14,27H,1-3H3. The maximum absolute atomic E-state index is 13.4. The zero-order valence-corrected chi connectivity index (χ0v) is 19.2. The van der Waals surface area contributed by atoms with Gasteiger partial charge >= 0.3 is 0 Å². The number of methoxy groups -OCH3 is 1. The van der Waals surface area contributed by atoms with Gasteiger partial charge in [0.25, 0.3) is 0 Å². The first-order valence-corrected chi connectivity index (χ1v) is 11.5. The average Bonchev–Trinajstić information content (AvgIpc) is 2.71. The maximum Gasteiger partial charge on any atom is 0.145 e. The Morgan fingerprint density at radius 1 is 0.867 bits per heavy atom. The van der Waals surface area contributed by atoms with E-state index >= 15 is 0 Å². The van der Waals surface area contributed by atoms with Crippen molar-refractivity contribution in [2.45, 2.75) is 24.8 Å². The summed E-state index contributed by atoms with van der Waals surface area (Å²) in [5, 5.41) is 4.73. The van der Waals surface area contributed by atoms with Gasteiger partial charge in [0, 0.05) is 17.2 Å². The molecule has 0 bridgehead atoms. The molecule has 4 aromatic rings. The van der Waals surface area contributed by atoms with Crippen LogP contribution in [0.4, 0.5) is 0 Å². The molecule has 1 atom stereocenters. The van der Waals surface area contributed by atoms with Crippen molar-refractivity contribution < 1.29 is 8.95 Å². The first-order valence-electron chi connectivity index (χ1n) is 9.57. The van der Waals surface area contributed by atoms with Gasteiger partial charge < -0.3 is 4.74 Å². The van der Waals surface area contributed by atoms with Crippen LogP contribution in [0.5, 0.6) is 5.75 Å². The van der Waals surface area contributed by atoms with Crippen molar-refractivity contribution in [2.24, 2.45) is 0 Å². The molecular weight excluding hydrogens is 437 g/mol. The number of halogens is 2. The largest absolute Gasteiger partial charge is 0.495 e. The average molecular weight is 458 g/mol. The topological polar surface area (TPSA) is 38.3 Å². The summed E-state index contributed by atoms with van der Waals surface area (Å²) < 4.78 is 22.2. The molecule has 30 heavy (non-hydrogen) atoms. The van der Waals surface area contributed by atoms with Crippen LogP contribution >= 0.6 is 23.2 Å². The highest BCUT2D eigenvalue weighted by Gasteiger charge is 2.25. The molecule has 0 saturated carbocycles. The van der Waals surface area contributed by atoms with Gasteiger partial charge in [-0.25, -0.2) is 8.93 Å². The minimum absolute atomic E-state index is 0.0132. The van der Waals surface area contributed by atoms with Crippen LogP contribution in [-0.2, 0) is 11.0 Å². The first-order chi connectivity index (χ1) is 14.4. The quantitative estimate of drug-likeness (QED) is 0.350. The van der Waals surface area contributed by atoms with Gasteiger partial charge in [0.1, 0.15) is 16.7 Å². The van der Waals surface area contributed by atoms with Gasteiger partial charge in [0.05, 0.1) is 22.1 Å². The molecule has 3 nitrogen and oxygen atoms in total. The monoisotopic (exact) mass is 457 g/mol. The fraction of sp³-hybridized carbons (Fsp3) is 0.167. The predicted molar refractivity (Wildman–Crippen MR) is 128 cm³/mol. The molecule has 1 N–H and O–H groups in total. The lowest BCUT2D eigenvalue weighted by Gasteiger charge is -2.21. The smallest absolute Gasteiger partial charge is 0.145 e. The molecule has 6 heteroatoms. The number of hydrogen-bond acceptors (Lipinski definition) is 2. The lowest BCUT2D eigenvalue weighted by Crippen LogP contribution is -2.25. The molecule has 0 amide bonds. The Hall–Kier alpha value is -2.11. The Labute approximate surface area is 188 Å². The molecule has 0 saturated heterocycles. The summed E-state index contributed by atoms with van der Waals surface area (Å²) in [6.07, 6.45) is 0. The lowest BCUT2D eigenvalue weighted by molar-refractivity contribution is 0.417. The van der Waals surface area contributed by atoms with Crippen molar-refractivity contribution in [3.8, 4) is 16.9 Å². The second-order valence-corrected chi connectivity index (χ2v) is 9.31. The SMILES string of the molecule is COc1c(Cl)cc2ccccc2c1-c1c(S(=O)NC(C)C)c(Cl)cc2ccccc12. The number of ether oxygens (including phenoxy) is 1. The summed E-state index contributed by atoms with van der Waals surface area (Å²) in [7, 11) is 0.0590. The van der Waals surface area contributed by atoms with Crippen LogP contribution in [0.3, 0.4) is 0 Å². The lowest BCUT2D eigenvalue weighted by atomic mass is 9.93. The molecule has 0 fully saturated rings. The van der Waals surface area contributed by atoms with Gasteiger partial charge in [-0.15, -0.1) is 0 Å². The second-order valence-electron chi connectivity index (χ2n) is 7.31. The van der Waals surface area contributed by atoms with Crippen molar-refractivity contribution >= 4 is 55.7 Å². The zero-order valence-electron chi connectivity index (χ0n) is 16.8. The Kier molecular flexibility index (Phi) is 6.03. The van der Waals surface area contributed by atoms with E-state index in [1.165, 1.54) is 0 Å². The van der Waals surface area contributed by atoms with E-state index in [0.717, 1.165) is 32.7 Å². The molecule has 0 spiro atoms. The number of hydrogen-bond donors (Lipinski definition) is 1. The van der Waals surface area contributed by atoms with Gasteiger partial charge in [-0.3, -0.25) is 0 Å². The summed E-state index contributed by atoms with van der Waals surface area (Å²) in [4.78, 5) is 0.523. The number of fused-ring (bicyclic) bond motifs is 2. The fourth-order valence-corrected chi connectivity index (χ4v) is 5.63. The fourth-order valence-electron chi connectivity index (χ4n) is 3.74. The Balaban J connectivity index is 2.22. The van der Waals surface area contributed by atoms with Crippen molar-refractivity contribution in [1.29, 1.82) is 0 Å². The third-order valence-electron chi connectivity index (χ3n) is 4.89. The van der Waals surface area contributed by atoms with Gasteiger partial charge in [-0.1, -0.05) is 71.7 Å². The molecule has 0 aromatic heterocycles. The summed E-state index contributed by atoms with van der Waals surface area (Å²) in [5.41, 5.74) is 1.55. The van der Waals surface area contributed by atoms with Gasteiger partial charge in [0.15, 0.2) is 0 Å². The highest BCUT2D eigenvalue weighted by molar-refractivity contribution is 7.83. The van der Waals surface area contributed by atoms with E-state index in [4.69, 9.17) is 27.9 Å². The number of nitrogens with one attached hydrogen (secondary N) is 1. The summed E-state index contributed by atoms with van der Waals surface area (Å²) in [5.74, 6) is 0.533. The van der Waals surface area contributed by atoms with Crippen molar-refractivity contribution in [1.82, 2.24) is 4.72 Å². The molecule has 0 aliphatic carbocycles. The van der Waals surface area contributed by atoms with Crippen LogP contribution in [0, 0.1) is 0 Å². The maximum atomic E-state index is 13.4. The molecule has 0 radical (unpaired) electrons. The number of benzene rings is 4. The third kappa shape index (κ3) is 3.69. The highest BCUT2D eigenvalue weighted by atomic mass is 35.5. The second kappa shape index (κ2) is 8.56. The van der Waals surface area contributed by atoms with Crippen LogP contribution in [0.1, 0.15) is 13.8 Å². The van der Waals surface area contributed by atoms with E-state index in [1.807, 2.05) is 74.5 Å². The van der Waals surface area contributed by atoms with Crippen LogP contribution < -0.4 is 9.46 Å². The van der Waals surface area contributed by atoms with Crippen molar-refractivity contribution in [3.63, 3.8) is 0 Å². The van der Waals surface area contributed by atoms with Crippen LogP contribution in [0.15, 0.2) is 65.6 Å². The highest BCUT2D eigenvalue weighted by Crippen LogP contribution is 2.48. The van der Waals surface area contributed by atoms with Gasteiger partial charge in [0.2, 0.25) is 0 Å². The molecule has 0 heterocycles. The van der Waals surface area contributed by atoms with Crippen LogP contribution in [0.25, 0.3) is 32.7 Å². The van der Waals surface area contributed by atoms with Gasteiger partial charge in [-0.05, 0) is 47.5 Å². The molecule has 1 unspecified atom stereocenters. The normalized spacial score (nSPS) is 12.6. The van der Waals surface area contributed by atoms with E-state index in [9.17, 15) is 4.21 Å². The molecule has 4 aromatic carbocycles. The molecular formula is C24H21Cl2NO2S. The van der Waals surface area contributed by atoms with E-state index in [2.05, 4.69) is 4.72 Å². The molecule has 154 valence electrons. The Morgan fingerprint density at radius 3 is 1.97 bits per heavy atom. The summed E-state index contributed by atoms with van der Waals surface area (Å²) in [6.45, 7) is 3.89. The zero-order chi connectivity index (χ0) is 21.4. The van der Waals surface area contributed by atoms with E-state index < -0.39 is 11.0 Å². The molecule has 0 aliphatic rings. The predicted octanol–water partition coefficient (Wildman–Crippen LogP) is 7.00. The third-order valence-corrected chi connectivity index (χ3v) is 7.07. The van der Waals surface area contributed by atoms with Crippen molar-refractivity contribution in [2.75, 3.05) is 7.11 Å². The molecule has 0 aliphatic heterocycles. The van der Waals surface area contributed by atoms with E-state index in [1.54, 1.807) is 7.11 Å². The number of rotatable bonds is 5. The first kappa shape index (κ1) is 21.1. The Bertz CT molecular complexity index is 1290. The minimum atomic E-state index is -1.53. The summed E-state index contributed by atoms with van der Waals surface area (Å²) >= 11 is 13.3. The van der Waals surface area contributed by atoms with Gasteiger partial charge in [-0.2, -0.15) is 0 Å². The van der Waals surface area contributed by atoms with Crippen LogP contribution in [-0.4, -0.2) is 17.4 Å². The minimum Gasteiger partial charge on any atom is -0.495 e.